The lowest BCUT2D eigenvalue weighted by Gasteiger charge is -2.11. The SMILES string of the molecule is CCCc1ccccc1NS(=O)(=O)CCO. The molecule has 90 valence electrons. The second kappa shape index (κ2) is 5.86. The van der Waals surface area contributed by atoms with Gasteiger partial charge in [-0.05, 0) is 18.1 Å². The number of benzene rings is 1. The van der Waals surface area contributed by atoms with Crippen molar-refractivity contribution < 1.29 is 13.5 Å². The highest BCUT2D eigenvalue weighted by atomic mass is 32.2. The number of hydrogen-bond acceptors (Lipinski definition) is 3. The standard InChI is InChI=1S/C11H17NO3S/c1-2-5-10-6-3-4-7-11(10)12-16(14,15)9-8-13/h3-4,6-7,12-13H,2,5,8-9H2,1H3. The first-order chi connectivity index (χ1) is 7.59. The minimum atomic E-state index is -3.43. The highest BCUT2D eigenvalue weighted by molar-refractivity contribution is 7.92. The monoisotopic (exact) mass is 243 g/mol. The Bertz CT molecular complexity index is 429. The van der Waals surface area contributed by atoms with E-state index >= 15 is 0 Å². The molecule has 1 aromatic carbocycles. The fourth-order valence-electron chi connectivity index (χ4n) is 1.45. The van der Waals surface area contributed by atoms with Crippen LogP contribution in [0.25, 0.3) is 0 Å². The zero-order valence-electron chi connectivity index (χ0n) is 9.31. The largest absolute Gasteiger partial charge is 0.395 e. The predicted octanol–water partition coefficient (Wildman–Crippen LogP) is 1.37. The first-order valence-corrected chi connectivity index (χ1v) is 6.93. The summed E-state index contributed by atoms with van der Waals surface area (Å²) in [5.74, 6) is -0.270. The third kappa shape index (κ3) is 3.83. The molecular formula is C11H17NO3S. The molecule has 0 spiro atoms. The van der Waals surface area contributed by atoms with E-state index < -0.39 is 10.0 Å². The minimum Gasteiger partial charge on any atom is -0.395 e. The van der Waals surface area contributed by atoms with Gasteiger partial charge in [0.05, 0.1) is 18.0 Å². The van der Waals surface area contributed by atoms with Gasteiger partial charge in [-0.1, -0.05) is 31.5 Å². The Morgan fingerprint density at radius 2 is 2.00 bits per heavy atom. The Balaban J connectivity index is 2.88. The molecule has 4 nitrogen and oxygen atoms in total. The summed E-state index contributed by atoms with van der Waals surface area (Å²) < 4.78 is 25.5. The van der Waals surface area contributed by atoms with Gasteiger partial charge in [0.2, 0.25) is 10.0 Å². The van der Waals surface area contributed by atoms with Crippen LogP contribution in [0.2, 0.25) is 0 Å². The van der Waals surface area contributed by atoms with Crippen molar-refractivity contribution in [1.29, 1.82) is 0 Å². The summed E-state index contributed by atoms with van der Waals surface area (Å²) in [7, 11) is -3.43. The molecule has 0 heterocycles. The number of anilines is 1. The van der Waals surface area contributed by atoms with Crippen LogP contribution in [0.3, 0.4) is 0 Å². The Hall–Kier alpha value is -1.07. The lowest BCUT2D eigenvalue weighted by atomic mass is 10.1. The van der Waals surface area contributed by atoms with E-state index in [0.29, 0.717) is 5.69 Å². The van der Waals surface area contributed by atoms with Gasteiger partial charge in [0, 0.05) is 0 Å². The van der Waals surface area contributed by atoms with Crippen LogP contribution in [-0.4, -0.2) is 25.9 Å². The first-order valence-electron chi connectivity index (χ1n) is 5.28. The van der Waals surface area contributed by atoms with E-state index in [1.807, 2.05) is 19.1 Å². The highest BCUT2D eigenvalue weighted by Crippen LogP contribution is 2.18. The van der Waals surface area contributed by atoms with Gasteiger partial charge in [-0.25, -0.2) is 8.42 Å². The van der Waals surface area contributed by atoms with Crippen LogP contribution in [0.4, 0.5) is 5.69 Å². The number of sulfonamides is 1. The number of nitrogens with one attached hydrogen (secondary N) is 1. The van der Waals surface area contributed by atoms with Crippen molar-refractivity contribution >= 4 is 15.7 Å². The number of aliphatic hydroxyl groups is 1. The van der Waals surface area contributed by atoms with Crippen molar-refractivity contribution in [3.05, 3.63) is 29.8 Å². The molecule has 0 saturated heterocycles. The van der Waals surface area contributed by atoms with E-state index in [2.05, 4.69) is 4.72 Å². The van der Waals surface area contributed by atoms with Crippen LogP contribution in [0.5, 0.6) is 0 Å². The van der Waals surface area contributed by atoms with Crippen LogP contribution in [0.15, 0.2) is 24.3 Å². The van der Waals surface area contributed by atoms with Gasteiger partial charge < -0.3 is 5.11 Å². The van der Waals surface area contributed by atoms with Crippen molar-refractivity contribution in [1.82, 2.24) is 0 Å². The van der Waals surface area contributed by atoms with Crippen molar-refractivity contribution in [2.24, 2.45) is 0 Å². The topological polar surface area (TPSA) is 66.4 Å². The molecule has 1 aromatic rings. The molecule has 0 bridgehead atoms. The number of aryl methyl sites for hydroxylation is 1. The third-order valence-electron chi connectivity index (χ3n) is 2.16. The molecule has 0 radical (unpaired) electrons. The summed E-state index contributed by atoms with van der Waals surface area (Å²) in [4.78, 5) is 0. The van der Waals surface area contributed by atoms with Crippen LogP contribution < -0.4 is 4.72 Å². The molecule has 0 aliphatic carbocycles. The Labute approximate surface area is 96.4 Å². The van der Waals surface area contributed by atoms with Gasteiger partial charge in [0.1, 0.15) is 0 Å². The number of rotatable bonds is 6. The summed E-state index contributed by atoms with van der Waals surface area (Å²) in [6, 6.07) is 7.31. The quantitative estimate of drug-likeness (QED) is 0.793. The Morgan fingerprint density at radius 1 is 1.31 bits per heavy atom. The second-order valence-corrected chi connectivity index (χ2v) is 5.39. The van der Waals surface area contributed by atoms with Crippen molar-refractivity contribution in [3.63, 3.8) is 0 Å². The van der Waals surface area contributed by atoms with E-state index in [-0.39, 0.29) is 12.4 Å². The molecule has 5 heteroatoms. The second-order valence-electron chi connectivity index (χ2n) is 3.55. The summed E-state index contributed by atoms with van der Waals surface area (Å²) in [5.41, 5.74) is 1.59. The molecule has 0 aromatic heterocycles. The van der Waals surface area contributed by atoms with Crippen LogP contribution in [-0.2, 0) is 16.4 Å². The molecule has 0 atom stereocenters. The Kier molecular flexibility index (Phi) is 4.76. The van der Waals surface area contributed by atoms with Crippen LogP contribution in [0, 0.1) is 0 Å². The molecule has 1 rings (SSSR count). The number of hydrogen-bond donors (Lipinski definition) is 2. The van der Waals surface area contributed by atoms with E-state index in [4.69, 9.17) is 5.11 Å². The molecule has 16 heavy (non-hydrogen) atoms. The maximum atomic E-state index is 11.5. The lowest BCUT2D eigenvalue weighted by molar-refractivity contribution is 0.320. The lowest BCUT2D eigenvalue weighted by Crippen LogP contribution is -2.19. The van der Waals surface area contributed by atoms with E-state index in [9.17, 15) is 8.42 Å². The minimum absolute atomic E-state index is 0.270. The maximum Gasteiger partial charge on any atom is 0.234 e. The fraction of sp³-hybridized carbons (Fsp3) is 0.455. The van der Waals surface area contributed by atoms with Gasteiger partial charge >= 0.3 is 0 Å². The average Bonchev–Trinajstić information content (AvgIpc) is 2.20. The van der Waals surface area contributed by atoms with Crippen molar-refractivity contribution in [2.75, 3.05) is 17.1 Å². The Morgan fingerprint density at radius 3 is 2.62 bits per heavy atom. The number of aliphatic hydroxyl groups excluding tert-OH is 1. The van der Waals surface area contributed by atoms with Crippen molar-refractivity contribution in [3.8, 4) is 0 Å². The molecule has 0 aliphatic rings. The first kappa shape index (κ1) is 13.0. The zero-order valence-corrected chi connectivity index (χ0v) is 10.1. The summed E-state index contributed by atoms with van der Waals surface area (Å²) in [5, 5.41) is 8.63. The van der Waals surface area contributed by atoms with Gasteiger partial charge in [0.15, 0.2) is 0 Å². The van der Waals surface area contributed by atoms with E-state index in [0.717, 1.165) is 18.4 Å². The van der Waals surface area contributed by atoms with Crippen molar-refractivity contribution in [2.45, 2.75) is 19.8 Å². The van der Waals surface area contributed by atoms with Gasteiger partial charge in [-0.15, -0.1) is 0 Å². The normalized spacial score (nSPS) is 11.4. The smallest absolute Gasteiger partial charge is 0.234 e. The van der Waals surface area contributed by atoms with Gasteiger partial charge in [-0.2, -0.15) is 0 Å². The molecule has 0 saturated carbocycles. The number of para-hydroxylation sites is 1. The predicted molar refractivity (Wildman–Crippen MR) is 64.9 cm³/mol. The fourth-order valence-corrected chi connectivity index (χ4v) is 2.32. The average molecular weight is 243 g/mol. The van der Waals surface area contributed by atoms with Crippen LogP contribution >= 0.6 is 0 Å². The molecule has 0 unspecified atom stereocenters. The highest BCUT2D eigenvalue weighted by Gasteiger charge is 2.11. The summed E-state index contributed by atoms with van der Waals surface area (Å²) in [6.45, 7) is 1.67. The molecular weight excluding hydrogens is 226 g/mol. The van der Waals surface area contributed by atoms with E-state index in [1.54, 1.807) is 12.1 Å². The molecule has 2 N–H and O–H groups in total. The molecule has 0 fully saturated rings. The molecule has 0 amide bonds. The molecule has 0 aliphatic heterocycles. The van der Waals surface area contributed by atoms with Crippen LogP contribution in [0.1, 0.15) is 18.9 Å². The van der Waals surface area contributed by atoms with Gasteiger partial charge in [-0.3, -0.25) is 4.72 Å². The zero-order chi connectivity index (χ0) is 12.0. The summed E-state index contributed by atoms with van der Waals surface area (Å²) in [6.07, 6.45) is 1.79. The van der Waals surface area contributed by atoms with E-state index in [1.165, 1.54) is 0 Å². The summed E-state index contributed by atoms with van der Waals surface area (Å²) >= 11 is 0. The third-order valence-corrected chi connectivity index (χ3v) is 3.41. The maximum absolute atomic E-state index is 11.5. The van der Waals surface area contributed by atoms with Gasteiger partial charge in [0.25, 0.3) is 0 Å².